The quantitative estimate of drug-likeness (QED) is 0.562. The molecule has 1 heterocycles. The van der Waals surface area contributed by atoms with Gasteiger partial charge in [-0.3, -0.25) is 4.79 Å². The Morgan fingerprint density at radius 1 is 1.00 bits per heavy atom. The van der Waals surface area contributed by atoms with Crippen molar-refractivity contribution in [2.24, 2.45) is 0 Å². The summed E-state index contributed by atoms with van der Waals surface area (Å²) in [6.07, 6.45) is 3.82. The molecule has 2 aromatic rings. The smallest absolute Gasteiger partial charge is 0.294 e. The van der Waals surface area contributed by atoms with Crippen molar-refractivity contribution < 1.29 is 9.53 Å². The molecule has 0 aromatic heterocycles. The van der Waals surface area contributed by atoms with Crippen LogP contribution < -0.4 is 9.64 Å². The normalized spacial score (nSPS) is 14.8. The Bertz CT molecular complexity index is 760. The van der Waals surface area contributed by atoms with Gasteiger partial charge in [0, 0.05) is 6.54 Å². The summed E-state index contributed by atoms with van der Waals surface area (Å²) in [5.74, 6) is 1.03. The second-order valence-corrected chi connectivity index (χ2v) is 6.46. The number of carbonyl (C=O) groups excluding carboxylic acids is 1. The van der Waals surface area contributed by atoms with Crippen LogP contribution in [0.5, 0.6) is 5.75 Å². The van der Waals surface area contributed by atoms with E-state index in [0.29, 0.717) is 12.3 Å². The number of nitrogens with zero attached hydrogens (tertiary/aromatic N) is 2. The van der Waals surface area contributed by atoms with E-state index in [-0.39, 0.29) is 18.3 Å². The molecule has 0 saturated carbocycles. The van der Waals surface area contributed by atoms with E-state index in [9.17, 15) is 4.79 Å². The molecular formula is C21H25ClN2O2. The van der Waals surface area contributed by atoms with Crippen LogP contribution in [0.1, 0.15) is 18.4 Å². The minimum absolute atomic E-state index is 0. The van der Waals surface area contributed by atoms with Crippen LogP contribution in [0.2, 0.25) is 0 Å². The average Bonchev–Trinajstić information content (AvgIpc) is 2.62. The van der Waals surface area contributed by atoms with Gasteiger partial charge in [0.15, 0.2) is 11.5 Å². The maximum absolute atomic E-state index is 12.9. The molecule has 0 saturated heterocycles. The molecule has 3 rings (SSSR count). The van der Waals surface area contributed by atoms with Crippen LogP contribution in [-0.4, -0.2) is 38.0 Å². The number of amides is 1. The molecule has 0 bridgehead atoms. The van der Waals surface area contributed by atoms with Gasteiger partial charge >= 0.3 is 0 Å². The number of ether oxygens (including phenoxy) is 1. The maximum atomic E-state index is 12.9. The predicted octanol–water partition coefficient (Wildman–Crippen LogP) is 4.22. The van der Waals surface area contributed by atoms with Gasteiger partial charge in [0.05, 0.1) is 5.69 Å². The van der Waals surface area contributed by atoms with Crippen molar-refractivity contribution >= 4 is 30.1 Å². The highest BCUT2D eigenvalue weighted by molar-refractivity contribution is 6.09. The molecule has 0 N–H and O–H groups in total. The van der Waals surface area contributed by atoms with Gasteiger partial charge < -0.3 is 14.5 Å². The van der Waals surface area contributed by atoms with Gasteiger partial charge in [-0.05, 0) is 57.3 Å². The number of halogens is 1. The molecule has 2 aromatic carbocycles. The molecule has 0 fully saturated rings. The van der Waals surface area contributed by atoms with Crippen LogP contribution in [0, 0.1) is 0 Å². The van der Waals surface area contributed by atoms with Crippen molar-refractivity contribution in [3.63, 3.8) is 0 Å². The summed E-state index contributed by atoms with van der Waals surface area (Å²) in [7, 11) is 4.13. The minimum Gasteiger partial charge on any atom is -0.449 e. The molecule has 1 aliphatic rings. The zero-order valence-electron chi connectivity index (χ0n) is 15.2. The Morgan fingerprint density at radius 2 is 1.69 bits per heavy atom. The molecule has 4 nitrogen and oxygen atoms in total. The second kappa shape index (κ2) is 9.41. The third-order valence-corrected chi connectivity index (χ3v) is 4.17. The molecule has 0 spiro atoms. The van der Waals surface area contributed by atoms with Crippen LogP contribution in [0.4, 0.5) is 5.69 Å². The van der Waals surface area contributed by atoms with Gasteiger partial charge in [0.2, 0.25) is 0 Å². The van der Waals surface area contributed by atoms with Gasteiger partial charge in [0.1, 0.15) is 0 Å². The molecule has 1 amide bonds. The summed E-state index contributed by atoms with van der Waals surface area (Å²) >= 11 is 0. The molecule has 0 unspecified atom stereocenters. The van der Waals surface area contributed by atoms with E-state index in [4.69, 9.17) is 4.74 Å². The Kier molecular flexibility index (Phi) is 7.25. The van der Waals surface area contributed by atoms with Crippen molar-refractivity contribution in [1.29, 1.82) is 0 Å². The fourth-order valence-electron chi connectivity index (χ4n) is 2.88. The molecule has 5 heteroatoms. The number of anilines is 1. The predicted molar refractivity (Wildman–Crippen MR) is 109 cm³/mol. The van der Waals surface area contributed by atoms with Gasteiger partial charge in [-0.15, -0.1) is 12.4 Å². The number of rotatable bonds is 6. The van der Waals surface area contributed by atoms with Gasteiger partial charge in [-0.25, -0.2) is 0 Å². The first-order chi connectivity index (χ1) is 12.1. The highest BCUT2D eigenvalue weighted by Gasteiger charge is 2.29. The molecule has 0 aliphatic carbocycles. The fraction of sp³-hybridized carbons (Fsp3) is 0.286. The topological polar surface area (TPSA) is 32.8 Å². The Morgan fingerprint density at radius 3 is 2.42 bits per heavy atom. The van der Waals surface area contributed by atoms with Gasteiger partial charge in [0.25, 0.3) is 5.91 Å². The zero-order chi connectivity index (χ0) is 17.6. The first kappa shape index (κ1) is 20.0. The molecule has 138 valence electrons. The summed E-state index contributed by atoms with van der Waals surface area (Å²) in [5, 5.41) is 0. The van der Waals surface area contributed by atoms with Crippen molar-refractivity contribution in [2.75, 3.05) is 32.1 Å². The van der Waals surface area contributed by atoms with E-state index in [1.54, 1.807) is 0 Å². The monoisotopic (exact) mass is 372 g/mol. The zero-order valence-corrected chi connectivity index (χ0v) is 16.0. The first-order valence-electron chi connectivity index (χ1n) is 8.65. The number of fused-ring (bicyclic) bond motifs is 1. The number of hydrogen-bond acceptors (Lipinski definition) is 3. The lowest BCUT2D eigenvalue weighted by molar-refractivity contribution is -0.117. The third-order valence-electron chi connectivity index (χ3n) is 4.17. The summed E-state index contributed by atoms with van der Waals surface area (Å²) in [6, 6.07) is 17.5. The standard InChI is InChI=1S/C21H24N2O2.ClH/c1-22(2)14-8-9-15-23-18-12-6-7-13-19(18)25-20(21(23)24)16-17-10-4-3-5-11-17;/h3-7,10-13,16H,8-9,14-15H2,1-2H3;1H/b20-16-;. The minimum atomic E-state index is -0.0765. The second-order valence-electron chi connectivity index (χ2n) is 6.46. The van der Waals surface area contributed by atoms with Crippen molar-refractivity contribution in [1.82, 2.24) is 4.90 Å². The van der Waals surface area contributed by atoms with Gasteiger partial charge in [-0.2, -0.15) is 0 Å². The Balaban J connectivity index is 0.00000243. The number of unbranched alkanes of at least 4 members (excludes halogenated alkanes) is 1. The van der Waals surface area contributed by atoms with Crippen molar-refractivity contribution in [3.8, 4) is 5.75 Å². The highest BCUT2D eigenvalue weighted by atomic mass is 35.5. The highest BCUT2D eigenvalue weighted by Crippen LogP contribution is 2.35. The van der Waals surface area contributed by atoms with Crippen molar-refractivity contribution in [3.05, 3.63) is 65.9 Å². The summed E-state index contributed by atoms with van der Waals surface area (Å²) < 4.78 is 5.88. The van der Waals surface area contributed by atoms with Crippen LogP contribution in [0.25, 0.3) is 6.08 Å². The lowest BCUT2D eigenvalue weighted by atomic mass is 10.1. The maximum Gasteiger partial charge on any atom is 0.294 e. The fourth-order valence-corrected chi connectivity index (χ4v) is 2.88. The van der Waals surface area contributed by atoms with Crippen LogP contribution in [0.3, 0.4) is 0 Å². The van der Waals surface area contributed by atoms with Crippen LogP contribution in [0.15, 0.2) is 60.4 Å². The summed E-state index contributed by atoms with van der Waals surface area (Å²) in [6.45, 7) is 1.71. The molecule has 1 aliphatic heterocycles. The number of hydrogen-bond donors (Lipinski definition) is 0. The Labute approximate surface area is 161 Å². The van der Waals surface area contributed by atoms with E-state index in [2.05, 4.69) is 19.0 Å². The number of para-hydroxylation sites is 2. The Hall–Kier alpha value is -2.30. The molecule has 0 radical (unpaired) electrons. The summed E-state index contributed by atoms with van der Waals surface area (Å²) in [4.78, 5) is 16.9. The largest absolute Gasteiger partial charge is 0.449 e. The lowest BCUT2D eigenvalue weighted by Crippen LogP contribution is -2.38. The lowest BCUT2D eigenvalue weighted by Gasteiger charge is -2.30. The SMILES string of the molecule is CN(C)CCCCN1C(=O)/C(=C/c2ccccc2)Oc2ccccc21.Cl. The van der Waals surface area contributed by atoms with Crippen LogP contribution in [-0.2, 0) is 4.79 Å². The summed E-state index contributed by atoms with van der Waals surface area (Å²) in [5.41, 5.74) is 1.81. The van der Waals surface area contributed by atoms with E-state index in [1.165, 1.54) is 0 Å². The average molecular weight is 373 g/mol. The van der Waals surface area contributed by atoms with Gasteiger partial charge in [-0.1, -0.05) is 42.5 Å². The number of benzene rings is 2. The number of carbonyl (C=O) groups is 1. The van der Waals surface area contributed by atoms with Crippen molar-refractivity contribution in [2.45, 2.75) is 12.8 Å². The van der Waals surface area contributed by atoms with E-state index in [0.717, 1.165) is 36.4 Å². The first-order valence-corrected chi connectivity index (χ1v) is 8.65. The van der Waals surface area contributed by atoms with E-state index >= 15 is 0 Å². The van der Waals surface area contributed by atoms with Crippen LogP contribution >= 0.6 is 12.4 Å². The molecule has 0 atom stereocenters. The molecule has 26 heavy (non-hydrogen) atoms. The van der Waals surface area contributed by atoms with E-state index in [1.807, 2.05) is 65.6 Å². The third kappa shape index (κ3) is 4.87. The van der Waals surface area contributed by atoms with E-state index < -0.39 is 0 Å². The molecular weight excluding hydrogens is 348 g/mol.